The molecule has 3 N–H and O–H groups in total. The van der Waals surface area contributed by atoms with Crippen molar-refractivity contribution in [2.45, 2.75) is 0 Å². The van der Waals surface area contributed by atoms with Gasteiger partial charge in [-0.25, -0.2) is 0 Å². The van der Waals surface area contributed by atoms with E-state index in [-0.39, 0.29) is 5.84 Å². The monoisotopic (exact) mass is 280 g/mol. The van der Waals surface area contributed by atoms with E-state index in [1.165, 1.54) is 0 Å². The Morgan fingerprint density at radius 1 is 1.29 bits per heavy atom. The first kappa shape index (κ1) is 13.2. The molecule has 0 saturated carbocycles. The fourth-order valence-corrected chi connectivity index (χ4v) is 2.49. The molecule has 1 aromatic heterocycles. The Morgan fingerprint density at radius 2 is 2.05 bits per heavy atom. The van der Waals surface area contributed by atoms with Gasteiger partial charge < -0.3 is 10.5 Å². The van der Waals surface area contributed by atoms with Crippen LogP contribution in [-0.4, -0.2) is 22.7 Å². The van der Waals surface area contributed by atoms with Crippen LogP contribution in [0.4, 0.5) is 0 Å². The third-order valence-electron chi connectivity index (χ3n) is 3.51. The molecule has 0 spiro atoms. The third-order valence-corrected chi connectivity index (χ3v) is 3.51. The molecule has 0 fully saturated rings. The van der Waals surface area contributed by atoms with Gasteiger partial charge in [0.2, 0.25) is 0 Å². The predicted molar refractivity (Wildman–Crippen MR) is 83.7 cm³/mol. The normalized spacial score (nSPS) is 10.8. The van der Waals surface area contributed by atoms with Gasteiger partial charge in [-0.15, -0.1) is 0 Å². The molecule has 5 heteroatoms. The van der Waals surface area contributed by atoms with Gasteiger partial charge in [-0.1, -0.05) is 18.2 Å². The minimum Gasteiger partial charge on any atom is -0.496 e. The number of rotatable bonds is 3. The molecule has 1 heterocycles. The quantitative estimate of drug-likeness (QED) is 0.571. The molecule has 21 heavy (non-hydrogen) atoms. The lowest BCUT2D eigenvalue weighted by atomic mass is 9.97. The van der Waals surface area contributed by atoms with Crippen molar-refractivity contribution in [1.29, 1.82) is 5.41 Å². The lowest BCUT2D eigenvalue weighted by Gasteiger charge is -2.12. The van der Waals surface area contributed by atoms with Crippen molar-refractivity contribution in [3.8, 4) is 16.9 Å². The lowest BCUT2D eigenvalue weighted by Crippen LogP contribution is -2.10. The zero-order valence-corrected chi connectivity index (χ0v) is 11.9. The summed E-state index contributed by atoms with van der Waals surface area (Å²) in [7, 11) is 3.53. The Kier molecular flexibility index (Phi) is 3.10. The van der Waals surface area contributed by atoms with E-state index >= 15 is 0 Å². The first-order valence-corrected chi connectivity index (χ1v) is 6.54. The first-order valence-electron chi connectivity index (χ1n) is 6.54. The molecular weight excluding hydrogens is 264 g/mol. The largest absolute Gasteiger partial charge is 0.496 e. The second kappa shape index (κ2) is 4.94. The van der Waals surface area contributed by atoms with E-state index in [2.05, 4.69) is 5.10 Å². The van der Waals surface area contributed by atoms with Gasteiger partial charge in [0, 0.05) is 29.9 Å². The molecule has 0 aliphatic carbocycles. The van der Waals surface area contributed by atoms with Gasteiger partial charge in [-0.2, -0.15) is 5.10 Å². The second-order valence-corrected chi connectivity index (χ2v) is 4.90. The Balaban J connectivity index is 2.37. The predicted octanol–water partition coefficient (Wildman–Crippen LogP) is 2.53. The molecule has 0 saturated heterocycles. The zero-order valence-electron chi connectivity index (χ0n) is 11.9. The van der Waals surface area contributed by atoms with E-state index in [0.29, 0.717) is 5.56 Å². The molecule has 0 unspecified atom stereocenters. The van der Waals surface area contributed by atoms with Gasteiger partial charge in [0.15, 0.2) is 0 Å². The number of aryl methyl sites for hydroxylation is 1. The molecule has 0 aliphatic rings. The average Bonchev–Trinajstić information content (AvgIpc) is 2.91. The molecule has 5 nitrogen and oxygen atoms in total. The van der Waals surface area contributed by atoms with Crippen molar-refractivity contribution in [1.82, 2.24) is 9.78 Å². The maximum absolute atomic E-state index is 7.62. The van der Waals surface area contributed by atoms with Crippen LogP contribution in [0.1, 0.15) is 5.56 Å². The Bertz CT molecular complexity index is 835. The number of nitrogen functional groups attached to an aromatic ring is 1. The van der Waals surface area contributed by atoms with E-state index < -0.39 is 0 Å². The van der Waals surface area contributed by atoms with Crippen molar-refractivity contribution >= 4 is 16.6 Å². The standard InChI is InChI=1S/C16H16N4O/c1-20-9-12(8-19-20)15-13-7-11(16(17)18)4-3-10(13)5-6-14(15)21-2/h3-9H,1-2H3,(H3,17,18). The molecule has 0 aliphatic heterocycles. The molecule has 0 amide bonds. The highest BCUT2D eigenvalue weighted by Crippen LogP contribution is 2.37. The van der Waals surface area contributed by atoms with Gasteiger partial charge in [-0.05, 0) is 22.9 Å². The fraction of sp³-hybridized carbons (Fsp3) is 0.125. The Labute approximate surface area is 122 Å². The van der Waals surface area contributed by atoms with Crippen molar-refractivity contribution in [2.75, 3.05) is 7.11 Å². The zero-order chi connectivity index (χ0) is 15.0. The summed E-state index contributed by atoms with van der Waals surface area (Å²) in [5.41, 5.74) is 8.24. The minimum absolute atomic E-state index is 0.0526. The lowest BCUT2D eigenvalue weighted by molar-refractivity contribution is 0.417. The van der Waals surface area contributed by atoms with Gasteiger partial charge in [0.1, 0.15) is 11.6 Å². The molecule has 2 aromatic carbocycles. The second-order valence-electron chi connectivity index (χ2n) is 4.90. The van der Waals surface area contributed by atoms with E-state index in [1.54, 1.807) is 18.0 Å². The fourth-order valence-electron chi connectivity index (χ4n) is 2.49. The number of nitrogens with zero attached hydrogens (tertiary/aromatic N) is 2. The minimum atomic E-state index is 0.0526. The van der Waals surface area contributed by atoms with Crippen molar-refractivity contribution in [2.24, 2.45) is 12.8 Å². The van der Waals surface area contributed by atoms with E-state index in [0.717, 1.165) is 27.6 Å². The summed E-state index contributed by atoms with van der Waals surface area (Å²) >= 11 is 0. The number of fused-ring (bicyclic) bond motifs is 1. The maximum atomic E-state index is 7.62. The summed E-state index contributed by atoms with van der Waals surface area (Å²) in [6, 6.07) is 9.67. The molecule has 0 bridgehead atoms. The van der Waals surface area contributed by atoms with Gasteiger partial charge in [-0.3, -0.25) is 10.1 Å². The van der Waals surface area contributed by atoms with Crippen LogP contribution in [0, 0.1) is 5.41 Å². The van der Waals surface area contributed by atoms with Crippen LogP contribution in [-0.2, 0) is 7.05 Å². The Morgan fingerprint density at radius 3 is 2.67 bits per heavy atom. The summed E-state index contributed by atoms with van der Waals surface area (Å²) in [4.78, 5) is 0. The van der Waals surface area contributed by atoms with Crippen molar-refractivity contribution in [3.63, 3.8) is 0 Å². The number of ether oxygens (including phenoxy) is 1. The van der Waals surface area contributed by atoms with Crippen molar-refractivity contribution in [3.05, 3.63) is 48.3 Å². The number of benzene rings is 2. The van der Waals surface area contributed by atoms with Gasteiger partial charge in [0.25, 0.3) is 0 Å². The van der Waals surface area contributed by atoms with Gasteiger partial charge in [0.05, 0.1) is 13.3 Å². The van der Waals surface area contributed by atoms with Gasteiger partial charge >= 0.3 is 0 Å². The summed E-state index contributed by atoms with van der Waals surface area (Å²) in [5, 5.41) is 13.9. The average molecular weight is 280 g/mol. The smallest absolute Gasteiger partial charge is 0.127 e. The van der Waals surface area contributed by atoms with E-state index in [1.807, 2.05) is 43.6 Å². The maximum Gasteiger partial charge on any atom is 0.127 e. The summed E-state index contributed by atoms with van der Waals surface area (Å²) < 4.78 is 7.25. The summed E-state index contributed by atoms with van der Waals surface area (Å²) in [6.45, 7) is 0. The molecule has 0 atom stereocenters. The van der Waals surface area contributed by atoms with Crippen LogP contribution >= 0.6 is 0 Å². The molecule has 3 aromatic rings. The third kappa shape index (κ3) is 2.23. The van der Waals surface area contributed by atoms with Crippen LogP contribution in [0.25, 0.3) is 21.9 Å². The van der Waals surface area contributed by atoms with Crippen LogP contribution in [0.5, 0.6) is 5.75 Å². The van der Waals surface area contributed by atoms with Crippen LogP contribution in [0.3, 0.4) is 0 Å². The van der Waals surface area contributed by atoms with Crippen molar-refractivity contribution < 1.29 is 4.74 Å². The number of aromatic nitrogens is 2. The molecule has 106 valence electrons. The highest BCUT2D eigenvalue weighted by molar-refractivity contribution is 6.05. The van der Waals surface area contributed by atoms with E-state index in [9.17, 15) is 0 Å². The highest BCUT2D eigenvalue weighted by Gasteiger charge is 2.13. The number of nitrogens with two attached hydrogens (primary N) is 1. The van der Waals surface area contributed by atoms with E-state index in [4.69, 9.17) is 15.9 Å². The molecule has 3 rings (SSSR count). The van der Waals surface area contributed by atoms with Crippen LogP contribution in [0.15, 0.2) is 42.7 Å². The topological polar surface area (TPSA) is 76.9 Å². The van der Waals surface area contributed by atoms with Crippen LogP contribution < -0.4 is 10.5 Å². The summed E-state index contributed by atoms with van der Waals surface area (Å²) in [5.74, 6) is 0.827. The number of amidine groups is 1. The number of hydrogen-bond donors (Lipinski definition) is 2. The molecule has 0 radical (unpaired) electrons. The number of hydrogen-bond acceptors (Lipinski definition) is 3. The molecular formula is C16H16N4O. The van der Waals surface area contributed by atoms with Crippen LogP contribution in [0.2, 0.25) is 0 Å². The Hall–Kier alpha value is -2.82. The highest BCUT2D eigenvalue weighted by atomic mass is 16.5. The number of methoxy groups -OCH3 is 1. The summed E-state index contributed by atoms with van der Waals surface area (Å²) in [6.07, 6.45) is 3.75. The SMILES string of the molecule is COc1ccc2ccc(C(=N)N)cc2c1-c1cnn(C)c1. The number of nitrogens with one attached hydrogen (secondary N) is 1. The first-order chi connectivity index (χ1) is 10.1.